The van der Waals surface area contributed by atoms with Crippen LogP contribution < -0.4 is 0 Å². The summed E-state index contributed by atoms with van der Waals surface area (Å²) in [5, 5.41) is -0.272. The Balaban J connectivity index is 1.93. The van der Waals surface area contributed by atoms with E-state index in [1.807, 2.05) is 13.0 Å². The molecule has 4 nitrogen and oxygen atoms in total. The van der Waals surface area contributed by atoms with Crippen molar-refractivity contribution in [2.24, 2.45) is 0 Å². The number of rotatable bonds is 4. The molecular formula is C17H13NO3S3. The molecule has 0 unspecified atom stereocenters. The van der Waals surface area contributed by atoms with Crippen LogP contribution in [0.4, 0.5) is 0 Å². The molecule has 1 heterocycles. The normalized spacial score (nSPS) is 11.4. The molecular weight excluding hydrogens is 362 g/mol. The van der Waals surface area contributed by atoms with Gasteiger partial charge in [0.25, 0.3) is 0 Å². The van der Waals surface area contributed by atoms with E-state index in [9.17, 15) is 13.2 Å². The number of aromatic nitrogens is 1. The summed E-state index contributed by atoms with van der Waals surface area (Å²) in [5.41, 5.74) is 2.94. The van der Waals surface area contributed by atoms with Crippen molar-refractivity contribution in [3.63, 3.8) is 0 Å². The Morgan fingerprint density at radius 3 is 2.38 bits per heavy atom. The Morgan fingerprint density at radius 2 is 1.71 bits per heavy atom. The summed E-state index contributed by atoms with van der Waals surface area (Å²) in [7, 11) is -3.74. The van der Waals surface area contributed by atoms with Gasteiger partial charge in [0.15, 0.2) is 5.03 Å². The standard InChI is InChI=1S/C17H13NO3S3/c1-12-7-9-14(10-8-12)24(20,21)15-17(22-11-18-15)23-16(19)13-5-3-2-4-6-13/h2-11H,1H3. The summed E-state index contributed by atoms with van der Waals surface area (Å²) >= 11 is 2.04. The monoisotopic (exact) mass is 375 g/mol. The third-order valence-corrected chi connectivity index (χ3v) is 7.21. The molecule has 0 fully saturated rings. The summed E-state index contributed by atoms with van der Waals surface area (Å²) < 4.78 is 25.9. The zero-order valence-electron chi connectivity index (χ0n) is 12.7. The van der Waals surface area contributed by atoms with Gasteiger partial charge >= 0.3 is 0 Å². The van der Waals surface area contributed by atoms with Gasteiger partial charge in [0.05, 0.1) is 10.4 Å². The zero-order chi connectivity index (χ0) is 17.2. The number of aryl methyl sites for hydroxylation is 1. The van der Waals surface area contributed by atoms with Crippen LogP contribution in [0.1, 0.15) is 15.9 Å². The van der Waals surface area contributed by atoms with Crippen LogP contribution in [0, 0.1) is 6.92 Å². The van der Waals surface area contributed by atoms with Crippen molar-refractivity contribution < 1.29 is 13.2 Å². The smallest absolute Gasteiger partial charge is 0.225 e. The van der Waals surface area contributed by atoms with Gasteiger partial charge in [-0.3, -0.25) is 4.79 Å². The van der Waals surface area contributed by atoms with Crippen molar-refractivity contribution in [2.75, 3.05) is 0 Å². The largest absolute Gasteiger partial charge is 0.281 e. The van der Waals surface area contributed by atoms with E-state index in [4.69, 9.17) is 0 Å². The van der Waals surface area contributed by atoms with Crippen LogP contribution in [-0.2, 0) is 9.84 Å². The van der Waals surface area contributed by atoms with Crippen molar-refractivity contribution in [3.05, 3.63) is 71.2 Å². The fraction of sp³-hybridized carbons (Fsp3) is 0.0588. The Kier molecular flexibility index (Phi) is 4.84. The molecule has 3 rings (SSSR count). The van der Waals surface area contributed by atoms with Gasteiger partial charge < -0.3 is 0 Å². The molecule has 0 radical (unpaired) electrons. The minimum Gasteiger partial charge on any atom is -0.281 e. The van der Waals surface area contributed by atoms with Crippen molar-refractivity contribution >= 4 is 38.1 Å². The van der Waals surface area contributed by atoms with Gasteiger partial charge in [-0.2, -0.15) is 0 Å². The highest BCUT2D eigenvalue weighted by Gasteiger charge is 2.26. The third-order valence-electron chi connectivity index (χ3n) is 3.29. The number of nitrogens with zero attached hydrogens (tertiary/aromatic N) is 1. The minimum atomic E-state index is -3.74. The van der Waals surface area contributed by atoms with Crippen molar-refractivity contribution in [3.8, 4) is 0 Å². The lowest BCUT2D eigenvalue weighted by molar-refractivity contribution is 0.108. The van der Waals surface area contributed by atoms with Crippen LogP contribution in [0.5, 0.6) is 0 Å². The number of sulfone groups is 1. The minimum absolute atomic E-state index is 0.0642. The fourth-order valence-corrected chi connectivity index (χ4v) is 5.66. The first kappa shape index (κ1) is 16.9. The van der Waals surface area contributed by atoms with Gasteiger partial charge in [-0.15, -0.1) is 11.3 Å². The highest BCUT2D eigenvalue weighted by molar-refractivity contribution is 8.15. The topological polar surface area (TPSA) is 64.1 Å². The SMILES string of the molecule is Cc1ccc(S(=O)(=O)c2ncsc2SC(=O)c2ccccc2)cc1. The number of thioether (sulfide) groups is 1. The van der Waals surface area contributed by atoms with E-state index in [0.29, 0.717) is 9.77 Å². The molecule has 0 aliphatic rings. The third kappa shape index (κ3) is 3.43. The Bertz CT molecular complexity index is 962. The molecule has 0 aliphatic heterocycles. The van der Waals surface area contributed by atoms with Gasteiger partial charge in [0, 0.05) is 5.56 Å². The molecule has 7 heteroatoms. The maximum absolute atomic E-state index is 12.8. The second-order valence-electron chi connectivity index (χ2n) is 5.02. The second-order valence-corrected chi connectivity index (χ2v) is 8.98. The van der Waals surface area contributed by atoms with E-state index >= 15 is 0 Å². The molecule has 0 saturated heterocycles. The lowest BCUT2D eigenvalue weighted by Gasteiger charge is -2.05. The summed E-state index contributed by atoms with van der Waals surface area (Å²) in [4.78, 5) is 16.5. The average molecular weight is 375 g/mol. The Hall–Kier alpha value is -1.96. The highest BCUT2D eigenvalue weighted by Crippen LogP contribution is 2.35. The molecule has 0 amide bonds. The Labute approximate surface area is 148 Å². The first-order valence-electron chi connectivity index (χ1n) is 7.01. The molecule has 0 atom stereocenters. The molecule has 0 saturated carbocycles. The van der Waals surface area contributed by atoms with Crippen LogP contribution in [-0.4, -0.2) is 18.5 Å². The number of carbonyl (C=O) groups excluding carboxylic acids is 1. The molecule has 1 aromatic heterocycles. The van der Waals surface area contributed by atoms with Crippen molar-refractivity contribution in [1.29, 1.82) is 0 Å². The number of thiazole rings is 1. The lowest BCUT2D eigenvalue weighted by Crippen LogP contribution is -2.04. The maximum atomic E-state index is 12.8. The van der Waals surface area contributed by atoms with E-state index in [1.165, 1.54) is 5.51 Å². The molecule has 3 aromatic rings. The quantitative estimate of drug-likeness (QED) is 0.639. The van der Waals surface area contributed by atoms with E-state index in [0.717, 1.165) is 28.7 Å². The van der Waals surface area contributed by atoms with Crippen LogP contribution >= 0.6 is 23.1 Å². The van der Waals surface area contributed by atoms with Crippen LogP contribution in [0.3, 0.4) is 0 Å². The van der Waals surface area contributed by atoms with Gasteiger partial charge in [-0.1, -0.05) is 48.0 Å². The van der Waals surface area contributed by atoms with Crippen molar-refractivity contribution in [2.45, 2.75) is 21.1 Å². The lowest BCUT2D eigenvalue weighted by atomic mass is 10.2. The summed E-state index contributed by atoms with van der Waals surface area (Å²) in [6.07, 6.45) is 0. The molecule has 0 spiro atoms. The predicted molar refractivity (Wildman–Crippen MR) is 95.4 cm³/mol. The van der Waals surface area contributed by atoms with E-state index in [-0.39, 0.29) is 15.0 Å². The number of benzene rings is 2. The van der Waals surface area contributed by atoms with Gasteiger partial charge in [0.2, 0.25) is 15.0 Å². The highest BCUT2D eigenvalue weighted by atomic mass is 32.2. The molecule has 0 N–H and O–H groups in total. The summed E-state index contributed by atoms with van der Waals surface area (Å²) in [6, 6.07) is 15.3. The van der Waals surface area contributed by atoms with E-state index in [1.54, 1.807) is 48.5 Å². The molecule has 0 bridgehead atoms. The van der Waals surface area contributed by atoms with Gasteiger partial charge in [-0.05, 0) is 30.8 Å². The summed E-state index contributed by atoms with van der Waals surface area (Å²) in [6.45, 7) is 1.89. The predicted octanol–water partition coefficient (Wildman–Crippen LogP) is 4.22. The summed E-state index contributed by atoms with van der Waals surface area (Å²) in [5.74, 6) is 0. The van der Waals surface area contributed by atoms with Gasteiger partial charge in [0.1, 0.15) is 4.21 Å². The number of carbonyl (C=O) groups is 1. The molecule has 2 aromatic carbocycles. The fourth-order valence-electron chi connectivity index (χ4n) is 2.02. The molecule has 24 heavy (non-hydrogen) atoms. The zero-order valence-corrected chi connectivity index (χ0v) is 15.1. The number of hydrogen-bond acceptors (Lipinski definition) is 6. The van der Waals surface area contributed by atoms with Crippen molar-refractivity contribution in [1.82, 2.24) is 4.98 Å². The molecule has 122 valence electrons. The van der Waals surface area contributed by atoms with Crippen LogP contribution in [0.2, 0.25) is 0 Å². The van der Waals surface area contributed by atoms with Crippen LogP contribution in [0.15, 0.2) is 74.2 Å². The second kappa shape index (κ2) is 6.88. The van der Waals surface area contributed by atoms with Gasteiger partial charge in [-0.25, -0.2) is 13.4 Å². The van der Waals surface area contributed by atoms with Crippen LogP contribution in [0.25, 0.3) is 0 Å². The average Bonchev–Trinajstić information content (AvgIpc) is 3.05. The Morgan fingerprint density at radius 1 is 1.04 bits per heavy atom. The first-order valence-corrected chi connectivity index (χ1v) is 10.2. The maximum Gasteiger partial charge on any atom is 0.225 e. The van der Waals surface area contributed by atoms with E-state index < -0.39 is 9.84 Å². The molecule has 0 aliphatic carbocycles. The number of hydrogen-bond donors (Lipinski definition) is 0. The first-order chi connectivity index (χ1) is 11.5. The van der Waals surface area contributed by atoms with E-state index in [2.05, 4.69) is 4.98 Å².